The molecule has 3 nitrogen and oxygen atoms in total. The first-order valence-corrected chi connectivity index (χ1v) is 6.02. The smallest absolute Gasteiger partial charge is 0.387 e. The standard InChI is InChI=1S/C10H8Br2F2O3/c1-16-8(15)3-5-2-6(11)4-7(9(5)12)17-10(13)14/h2,4,10H,3H2,1H3. The summed E-state index contributed by atoms with van der Waals surface area (Å²) in [5, 5.41) is 0. The van der Waals surface area contributed by atoms with E-state index in [1.807, 2.05) is 0 Å². The quantitative estimate of drug-likeness (QED) is 0.757. The average molecular weight is 374 g/mol. The number of alkyl halides is 2. The Morgan fingerprint density at radius 2 is 2.06 bits per heavy atom. The maximum absolute atomic E-state index is 12.1. The SMILES string of the molecule is COC(=O)Cc1cc(Br)cc(OC(F)F)c1Br. The highest BCUT2D eigenvalue weighted by molar-refractivity contribution is 9.11. The zero-order valence-electron chi connectivity index (χ0n) is 8.68. The molecule has 7 heteroatoms. The fourth-order valence-corrected chi connectivity index (χ4v) is 2.10. The molecule has 0 atom stereocenters. The molecule has 1 aromatic rings. The molecule has 0 N–H and O–H groups in total. The molecule has 1 aromatic carbocycles. The van der Waals surface area contributed by atoms with Crippen LogP contribution in [0.15, 0.2) is 21.1 Å². The molecule has 0 spiro atoms. The summed E-state index contributed by atoms with van der Waals surface area (Å²) in [7, 11) is 1.25. The summed E-state index contributed by atoms with van der Waals surface area (Å²) in [4.78, 5) is 11.1. The van der Waals surface area contributed by atoms with Gasteiger partial charge in [0.05, 0.1) is 18.0 Å². The van der Waals surface area contributed by atoms with Crippen LogP contribution in [0, 0.1) is 0 Å². The molecule has 17 heavy (non-hydrogen) atoms. The molecular formula is C10H8Br2F2O3. The molecule has 1 rings (SSSR count). The van der Waals surface area contributed by atoms with E-state index in [9.17, 15) is 13.6 Å². The molecule has 0 saturated heterocycles. The minimum absolute atomic E-state index is 0.0316. The van der Waals surface area contributed by atoms with Gasteiger partial charge in [-0.25, -0.2) is 0 Å². The van der Waals surface area contributed by atoms with Gasteiger partial charge in [-0.05, 0) is 33.6 Å². The summed E-state index contributed by atoms with van der Waals surface area (Å²) in [6, 6.07) is 3.01. The first-order chi connectivity index (χ1) is 7.93. The summed E-state index contributed by atoms with van der Waals surface area (Å²) in [6.45, 7) is -2.92. The molecule has 94 valence electrons. The fourth-order valence-electron chi connectivity index (χ4n) is 1.16. The van der Waals surface area contributed by atoms with Crippen molar-refractivity contribution in [2.45, 2.75) is 13.0 Å². The van der Waals surface area contributed by atoms with Gasteiger partial charge < -0.3 is 9.47 Å². The van der Waals surface area contributed by atoms with Crippen LogP contribution in [0.25, 0.3) is 0 Å². The number of hydrogen-bond acceptors (Lipinski definition) is 3. The van der Waals surface area contributed by atoms with E-state index in [-0.39, 0.29) is 12.2 Å². The van der Waals surface area contributed by atoms with Crippen LogP contribution in [-0.4, -0.2) is 19.7 Å². The van der Waals surface area contributed by atoms with Gasteiger partial charge in [0, 0.05) is 4.47 Å². The lowest BCUT2D eigenvalue weighted by molar-refractivity contribution is -0.139. The third-order valence-electron chi connectivity index (χ3n) is 1.86. The van der Waals surface area contributed by atoms with Crippen molar-refractivity contribution in [3.05, 3.63) is 26.6 Å². The van der Waals surface area contributed by atoms with E-state index in [2.05, 4.69) is 41.3 Å². The molecule has 0 aliphatic heterocycles. The first kappa shape index (κ1) is 14.4. The third-order valence-corrected chi connectivity index (χ3v) is 3.22. The predicted octanol–water partition coefficient (Wildman–Crippen LogP) is 3.53. The molecule has 0 fully saturated rings. The van der Waals surface area contributed by atoms with Gasteiger partial charge in [0.2, 0.25) is 0 Å². The molecule has 0 aliphatic rings. The van der Waals surface area contributed by atoms with E-state index < -0.39 is 12.6 Å². The summed E-state index contributed by atoms with van der Waals surface area (Å²) < 4.78 is 34.0. The molecule has 0 bridgehead atoms. The van der Waals surface area contributed by atoms with Gasteiger partial charge in [0.15, 0.2) is 0 Å². The molecule has 0 amide bonds. The molecule has 0 aromatic heterocycles. The van der Waals surface area contributed by atoms with Crippen molar-refractivity contribution in [2.75, 3.05) is 7.11 Å². The lowest BCUT2D eigenvalue weighted by Gasteiger charge is -2.11. The Hall–Kier alpha value is -0.690. The van der Waals surface area contributed by atoms with Gasteiger partial charge in [-0.15, -0.1) is 0 Å². The van der Waals surface area contributed by atoms with E-state index in [1.54, 1.807) is 6.07 Å². The minimum Gasteiger partial charge on any atom is -0.469 e. The third kappa shape index (κ3) is 4.23. The average Bonchev–Trinajstić information content (AvgIpc) is 2.23. The molecule has 0 unspecified atom stereocenters. The van der Waals surface area contributed by atoms with Crippen molar-refractivity contribution in [1.29, 1.82) is 0 Å². The lowest BCUT2D eigenvalue weighted by atomic mass is 10.1. The number of hydrogen-bond donors (Lipinski definition) is 0. The van der Waals surface area contributed by atoms with Gasteiger partial charge in [-0.1, -0.05) is 15.9 Å². The Morgan fingerprint density at radius 1 is 1.41 bits per heavy atom. The zero-order valence-corrected chi connectivity index (χ0v) is 11.8. The van der Waals surface area contributed by atoms with Crippen LogP contribution in [0.3, 0.4) is 0 Å². The van der Waals surface area contributed by atoms with Crippen LogP contribution >= 0.6 is 31.9 Å². The maximum atomic E-state index is 12.1. The Balaban J connectivity index is 3.05. The Kier molecular flexibility index (Phi) is 5.32. The number of carbonyl (C=O) groups excluding carboxylic acids is 1. The van der Waals surface area contributed by atoms with Gasteiger partial charge >= 0.3 is 12.6 Å². The maximum Gasteiger partial charge on any atom is 0.387 e. The van der Waals surface area contributed by atoms with Crippen LogP contribution in [0.5, 0.6) is 5.75 Å². The number of methoxy groups -OCH3 is 1. The van der Waals surface area contributed by atoms with Crippen molar-refractivity contribution < 1.29 is 23.0 Å². The van der Waals surface area contributed by atoms with Crippen molar-refractivity contribution in [3.63, 3.8) is 0 Å². The second-order valence-corrected chi connectivity index (χ2v) is 4.72. The predicted molar refractivity (Wildman–Crippen MR) is 64.2 cm³/mol. The van der Waals surface area contributed by atoms with Crippen LogP contribution in [0.4, 0.5) is 8.78 Å². The molecule has 0 heterocycles. The molecule has 0 aliphatic carbocycles. The van der Waals surface area contributed by atoms with Crippen LogP contribution in [-0.2, 0) is 16.0 Å². The molecular weight excluding hydrogens is 366 g/mol. The number of esters is 1. The van der Waals surface area contributed by atoms with Crippen molar-refractivity contribution in [3.8, 4) is 5.75 Å². The summed E-state index contributed by atoms with van der Waals surface area (Å²) in [5.74, 6) is -0.500. The molecule has 0 saturated carbocycles. The number of ether oxygens (including phenoxy) is 2. The van der Waals surface area contributed by atoms with Crippen molar-refractivity contribution >= 4 is 37.8 Å². The second kappa shape index (κ2) is 6.30. The number of halogens is 4. The summed E-state index contributed by atoms with van der Waals surface area (Å²) >= 11 is 6.27. The van der Waals surface area contributed by atoms with E-state index in [4.69, 9.17) is 0 Å². The minimum atomic E-state index is -2.92. The number of benzene rings is 1. The highest BCUT2D eigenvalue weighted by atomic mass is 79.9. The van der Waals surface area contributed by atoms with Crippen LogP contribution in [0.1, 0.15) is 5.56 Å². The van der Waals surface area contributed by atoms with E-state index in [0.717, 1.165) is 0 Å². The van der Waals surface area contributed by atoms with Gasteiger partial charge in [0.25, 0.3) is 0 Å². The van der Waals surface area contributed by atoms with Gasteiger partial charge in [-0.2, -0.15) is 8.78 Å². The highest BCUT2D eigenvalue weighted by Gasteiger charge is 2.15. The van der Waals surface area contributed by atoms with Crippen molar-refractivity contribution in [1.82, 2.24) is 0 Å². The Labute approximate surface area is 113 Å². The van der Waals surface area contributed by atoms with Crippen LogP contribution in [0.2, 0.25) is 0 Å². The van der Waals surface area contributed by atoms with E-state index in [0.29, 0.717) is 14.5 Å². The zero-order chi connectivity index (χ0) is 13.0. The first-order valence-electron chi connectivity index (χ1n) is 4.43. The normalized spacial score (nSPS) is 10.5. The topological polar surface area (TPSA) is 35.5 Å². The number of carbonyl (C=O) groups is 1. The lowest BCUT2D eigenvalue weighted by Crippen LogP contribution is -2.07. The van der Waals surface area contributed by atoms with E-state index in [1.165, 1.54) is 13.2 Å². The highest BCUT2D eigenvalue weighted by Crippen LogP contribution is 2.34. The number of rotatable bonds is 4. The largest absolute Gasteiger partial charge is 0.469 e. The van der Waals surface area contributed by atoms with Crippen LogP contribution < -0.4 is 4.74 Å². The summed E-state index contributed by atoms with van der Waals surface area (Å²) in [5.41, 5.74) is 0.502. The Morgan fingerprint density at radius 3 is 2.59 bits per heavy atom. The monoisotopic (exact) mass is 372 g/mol. The van der Waals surface area contributed by atoms with E-state index >= 15 is 0 Å². The second-order valence-electron chi connectivity index (χ2n) is 3.01. The molecule has 0 radical (unpaired) electrons. The summed E-state index contributed by atoms with van der Waals surface area (Å²) in [6.07, 6.45) is -0.0316. The fraction of sp³-hybridized carbons (Fsp3) is 0.300. The van der Waals surface area contributed by atoms with Gasteiger partial charge in [-0.3, -0.25) is 4.79 Å². The Bertz CT molecular complexity index is 424. The van der Waals surface area contributed by atoms with Crippen molar-refractivity contribution in [2.24, 2.45) is 0 Å². The van der Waals surface area contributed by atoms with Gasteiger partial charge in [0.1, 0.15) is 5.75 Å².